The molecule has 0 spiro atoms. The van der Waals surface area contributed by atoms with Gasteiger partial charge in [0.05, 0.1) is 17.6 Å². The normalized spacial score (nSPS) is 18.2. The lowest BCUT2D eigenvalue weighted by Gasteiger charge is -2.32. The van der Waals surface area contributed by atoms with Crippen molar-refractivity contribution in [3.63, 3.8) is 0 Å². The Hall–Kier alpha value is -1.16. The molecule has 0 aromatic carbocycles. The number of hydrogen-bond donors (Lipinski definition) is 1. The van der Waals surface area contributed by atoms with Crippen LogP contribution < -0.4 is 10.6 Å². The first-order chi connectivity index (χ1) is 8.38. The van der Waals surface area contributed by atoms with Crippen LogP contribution in [0.15, 0.2) is 6.20 Å². The average Bonchev–Trinajstić information content (AvgIpc) is 2.29. The standard InChI is InChI=1S/C14H24N4/c1-10-12(18-7-5-11(15)6-8-18)9-16-13(17-10)14(2,3)4/h9,11H,5-8,15H2,1-4H3. The van der Waals surface area contributed by atoms with Gasteiger partial charge in [-0.05, 0) is 19.8 Å². The van der Waals surface area contributed by atoms with Crippen molar-refractivity contribution in [3.8, 4) is 0 Å². The summed E-state index contributed by atoms with van der Waals surface area (Å²) in [5.41, 5.74) is 8.18. The number of hydrogen-bond acceptors (Lipinski definition) is 4. The van der Waals surface area contributed by atoms with E-state index in [9.17, 15) is 0 Å². The second-order valence-corrected chi connectivity index (χ2v) is 6.24. The molecule has 0 amide bonds. The van der Waals surface area contributed by atoms with E-state index in [1.165, 1.54) is 0 Å². The van der Waals surface area contributed by atoms with Gasteiger partial charge < -0.3 is 10.6 Å². The predicted molar refractivity (Wildman–Crippen MR) is 74.9 cm³/mol. The molecule has 4 nitrogen and oxygen atoms in total. The van der Waals surface area contributed by atoms with Gasteiger partial charge in [0.15, 0.2) is 0 Å². The minimum atomic E-state index is 0.00748. The van der Waals surface area contributed by atoms with E-state index < -0.39 is 0 Å². The Bertz CT molecular complexity index is 414. The number of aromatic nitrogens is 2. The van der Waals surface area contributed by atoms with Crippen LogP contribution in [0, 0.1) is 6.92 Å². The van der Waals surface area contributed by atoms with Crippen molar-refractivity contribution in [1.82, 2.24) is 9.97 Å². The molecule has 1 aliphatic heterocycles. The van der Waals surface area contributed by atoms with Crippen molar-refractivity contribution in [3.05, 3.63) is 17.7 Å². The summed E-state index contributed by atoms with van der Waals surface area (Å²) in [7, 11) is 0. The summed E-state index contributed by atoms with van der Waals surface area (Å²) in [5, 5.41) is 0. The molecule has 2 heterocycles. The van der Waals surface area contributed by atoms with Crippen LogP contribution in [-0.2, 0) is 5.41 Å². The highest BCUT2D eigenvalue weighted by Crippen LogP contribution is 2.24. The molecule has 1 aromatic rings. The van der Waals surface area contributed by atoms with Crippen molar-refractivity contribution in [1.29, 1.82) is 0 Å². The number of piperidine rings is 1. The predicted octanol–water partition coefficient (Wildman–Crippen LogP) is 2.01. The highest BCUT2D eigenvalue weighted by atomic mass is 15.2. The third-order valence-electron chi connectivity index (χ3n) is 3.50. The van der Waals surface area contributed by atoms with Crippen LogP contribution in [0.4, 0.5) is 5.69 Å². The Morgan fingerprint density at radius 2 is 1.89 bits per heavy atom. The summed E-state index contributed by atoms with van der Waals surface area (Å²) in [6.45, 7) is 10.5. The van der Waals surface area contributed by atoms with E-state index in [2.05, 4.69) is 42.6 Å². The number of aryl methyl sites for hydroxylation is 1. The Balaban J connectivity index is 2.20. The molecule has 0 radical (unpaired) electrons. The molecule has 2 rings (SSSR count). The minimum Gasteiger partial charge on any atom is -0.369 e. The monoisotopic (exact) mass is 248 g/mol. The lowest BCUT2D eigenvalue weighted by atomic mass is 9.95. The molecule has 1 fully saturated rings. The summed E-state index contributed by atoms with van der Waals surface area (Å²) in [6, 6.07) is 0.358. The van der Waals surface area contributed by atoms with Gasteiger partial charge in [-0.3, -0.25) is 0 Å². The second-order valence-electron chi connectivity index (χ2n) is 6.24. The van der Waals surface area contributed by atoms with E-state index in [1.54, 1.807) is 0 Å². The first kappa shape index (κ1) is 13.3. The van der Waals surface area contributed by atoms with Crippen LogP contribution in [0.1, 0.15) is 45.1 Å². The summed E-state index contributed by atoms with van der Waals surface area (Å²) < 4.78 is 0. The van der Waals surface area contributed by atoms with Crippen molar-refractivity contribution in [2.75, 3.05) is 18.0 Å². The molecule has 0 aliphatic carbocycles. The molecule has 1 aliphatic rings. The molecule has 1 saturated heterocycles. The topological polar surface area (TPSA) is 55.0 Å². The molecule has 0 bridgehead atoms. The van der Waals surface area contributed by atoms with Gasteiger partial charge in [-0.2, -0.15) is 0 Å². The Morgan fingerprint density at radius 3 is 2.39 bits per heavy atom. The molecule has 1 aromatic heterocycles. The zero-order chi connectivity index (χ0) is 13.3. The molecular formula is C14H24N4. The third kappa shape index (κ3) is 2.80. The van der Waals surface area contributed by atoms with Gasteiger partial charge in [0.2, 0.25) is 0 Å². The van der Waals surface area contributed by atoms with Gasteiger partial charge in [0.25, 0.3) is 0 Å². The van der Waals surface area contributed by atoms with Crippen molar-refractivity contribution >= 4 is 5.69 Å². The number of rotatable bonds is 1. The number of anilines is 1. The van der Waals surface area contributed by atoms with Crippen LogP contribution in [0.2, 0.25) is 0 Å². The second kappa shape index (κ2) is 4.84. The maximum Gasteiger partial charge on any atom is 0.134 e. The SMILES string of the molecule is Cc1nc(C(C)(C)C)ncc1N1CCC(N)CC1. The zero-order valence-corrected chi connectivity index (χ0v) is 11.9. The lowest BCUT2D eigenvalue weighted by Crippen LogP contribution is -2.40. The minimum absolute atomic E-state index is 0.00748. The van der Waals surface area contributed by atoms with Gasteiger partial charge in [-0.1, -0.05) is 20.8 Å². The Kier molecular flexibility index (Phi) is 3.57. The van der Waals surface area contributed by atoms with Gasteiger partial charge >= 0.3 is 0 Å². The van der Waals surface area contributed by atoms with Crippen LogP contribution in [-0.4, -0.2) is 29.1 Å². The number of nitrogens with zero attached hydrogens (tertiary/aromatic N) is 3. The number of nitrogens with two attached hydrogens (primary N) is 1. The lowest BCUT2D eigenvalue weighted by molar-refractivity contribution is 0.498. The Labute approximate surface area is 110 Å². The fraction of sp³-hybridized carbons (Fsp3) is 0.714. The van der Waals surface area contributed by atoms with E-state index in [0.717, 1.165) is 43.1 Å². The van der Waals surface area contributed by atoms with Gasteiger partial charge in [-0.25, -0.2) is 9.97 Å². The molecule has 0 unspecified atom stereocenters. The molecule has 0 saturated carbocycles. The fourth-order valence-electron chi connectivity index (χ4n) is 2.27. The molecule has 2 N–H and O–H groups in total. The average molecular weight is 248 g/mol. The fourth-order valence-corrected chi connectivity index (χ4v) is 2.27. The van der Waals surface area contributed by atoms with Crippen LogP contribution >= 0.6 is 0 Å². The largest absolute Gasteiger partial charge is 0.369 e. The summed E-state index contributed by atoms with van der Waals surface area (Å²) >= 11 is 0. The highest BCUT2D eigenvalue weighted by molar-refractivity contribution is 5.49. The summed E-state index contributed by atoms with van der Waals surface area (Å²) in [4.78, 5) is 11.5. The summed E-state index contributed by atoms with van der Waals surface area (Å²) in [6.07, 6.45) is 4.08. The van der Waals surface area contributed by atoms with E-state index >= 15 is 0 Å². The molecule has 18 heavy (non-hydrogen) atoms. The van der Waals surface area contributed by atoms with Crippen molar-refractivity contribution in [2.24, 2.45) is 5.73 Å². The molecule has 0 atom stereocenters. The highest BCUT2D eigenvalue weighted by Gasteiger charge is 2.21. The van der Waals surface area contributed by atoms with Gasteiger partial charge in [0, 0.05) is 24.5 Å². The first-order valence-corrected chi connectivity index (χ1v) is 6.72. The maximum atomic E-state index is 5.94. The van der Waals surface area contributed by atoms with E-state index in [1.807, 2.05) is 6.20 Å². The zero-order valence-electron chi connectivity index (χ0n) is 11.9. The van der Waals surface area contributed by atoms with Crippen molar-refractivity contribution in [2.45, 2.75) is 52.0 Å². The first-order valence-electron chi connectivity index (χ1n) is 6.72. The Morgan fingerprint density at radius 1 is 1.28 bits per heavy atom. The maximum absolute atomic E-state index is 5.94. The molecular weight excluding hydrogens is 224 g/mol. The van der Waals surface area contributed by atoms with Gasteiger partial charge in [-0.15, -0.1) is 0 Å². The van der Waals surface area contributed by atoms with Crippen molar-refractivity contribution < 1.29 is 0 Å². The smallest absolute Gasteiger partial charge is 0.134 e. The van der Waals surface area contributed by atoms with Gasteiger partial charge in [0.1, 0.15) is 5.82 Å². The molecule has 100 valence electrons. The van der Waals surface area contributed by atoms with Crippen LogP contribution in [0.3, 0.4) is 0 Å². The van der Waals surface area contributed by atoms with E-state index in [4.69, 9.17) is 5.73 Å². The van der Waals surface area contributed by atoms with Crippen LogP contribution in [0.5, 0.6) is 0 Å². The van der Waals surface area contributed by atoms with Crippen LogP contribution in [0.25, 0.3) is 0 Å². The van der Waals surface area contributed by atoms with E-state index in [0.29, 0.717) is 6.04 Å². The quantitative estimate of drug-likeness (QED) is 0.826. The third-order valence-corrected chi connectivity index (χ3v) is 3.50. The van der Waals surface area contributed by atoms with E-state index in [-0.39, 0.29) is 5.41 Å². The molecule has 4 heteroatoms. The summed E-state index contributed by atoms with van der Waals surface area (Å²) in [5.74, 6) is 0.914.